The first-order valence-electron chi connectivity index (χ1n) is 7.41. The molecule has 9 heteroatoms. The fraction of sp³-hybridized carbons (Fsp3) is 0.400. The second-order valence-corrected chi connectivity index (χ2v) is 8.05. The molecule has 2 heterocycles. The van der Waals surface area contributed by atoms with Gasteiger partial charge in [-0.05, 0) is 31.2 Å². The second kappa shape index (κ2) is 5.99. The maximum absolute atomic E-state index is 12.4. The summed E-state index contributed by atoms with van der Waals surface area (Å²) in [6, 6.07) is 5.95. The van der Waals surface area contributed by atoms with Gasteiger partial charge in [-0.2, -0.15) is 4.98 Å². The molecule has 0 atom stereocenters. The first-order chi connectivity index (χ1) is 11.3. The van der Waals surface area contributed by atoms with Crippen LogP contribution in [-0.2, 0) is 10.0 Å². The standard InChI is InChI=1S/C15H18N4O4S/c1-10-16-14(23-17-10)12-8-19(9-12)15(20)11-4-6-13(7-5-11)24(21,22)18(2)3/h4-7,12H,8-9H2,1-3H3. The van der Waals surface area contributed by atoms with Crippen molar-refractivity contribution in [3.63, 3.8) is 0 Å². The van der Waals surface area contributed by atoms with E-state index in [0.717, 1.165) is 4.31 Å². The predicted molar refractivity (Wildman–Crippen MR) is 85.0 cm³/mol. The number of likely N-dealkylation sites (tertiary alicyclic amines) is 1. The molecular weight excluding hydrogens is 332 g/mol. The molecule has 0 N–H and O–H groups in total. The van der Waals surface area contributed by atoms with Gasteiger partial charge in [0.05, 0.1) is 10.8 Å². The molecule has 0 aliphatic carbocycles. The van der Waals surface area contributed by atoms with Gasteiger partial charge in [0.25, 0.3) is 5.91 Å². The first kappa shape index (κ1) is 16.6. The summed E-state index contributed by atoms with van der Waals surface area (Å²) in [5, 5.41) is 3.74. The molecule has 0 unspecified atom stereocenters. The van der Waals surface area contributed by atoms with Gasteiger partial charge >= 0.3 is 0 Å². The van der Waals surface area contributed by atoms with Gasteiger partial charge < -0.3 is 9.42 Å². The summed E-state index contributed by atoms with van der Waals surface area (Å²) in [6.07, 6.45) is 0. The zero-order valence-electron chi connectivity index (χ0n) is 13.6. The number of carbonyl (C=O) groups excluding carboxylic acids is 1. The van der Waals surface area contributed by atoms with Gasteiger partial charge in [-0.25, -0.2) is 12.7 Å². The molecule has 0 radical (unpaired) electrons. The lowest BCUT2D eigenvalue weighted by atomic mass is 9.99. The molecule has 1 saturated heterocycles. The normalized spacial score (nSPS) is 15.6. The van der Waals surface area contributed by atoms with E-state index in [-0.39, 0.29) is 16.7 Å². The molecule has 24 heavy (non-hydrogen) atoms. The number of hydrogen-bond acceptors (Lipinski definition) is 6. The average molecular weight is 350 g/mol. The maximum Gasteiger partial charge on any atom is 0.253 e. The molecular formula is C15H18N4O4S. The Balaban J connectivity index is 1.67. The Morgan fingerprint density at radius 2 is 1.88 bits per heavy atom. The highest BCUT2D eigenvalue weighted by Gasteiger charge is 2.35. The van der Waals surface area contributed by atoms with Crippen molar-refractivity contribution in [3.8, 4) is 0 Å². The lowest BCUT2D eigenvalue weighted by Crippen LogP contribution is -2.48. The summed E-state index contributed by atoms with van der Waals surface area (Å²) in [5.41, 5.74) is 0.452. The average Bonchev–Trinajstić information content (AvgIpc) is 2.91. The number of carbonyl (C=O) groups is 1. The fourth-order valence-electron chi connectivity index (χ4n) is 2.44. The number of aryl methyl sites for hydroxylation is 1. The Hall–Kier alpha value is -2.26. The van der Waals surface area contributed by atoms with Crippen LogP contribution in [0.3, 0.4) is 0 Å². The largest absolute Gasteiger partial charge is 0.339 e. The molecule has 1 fully saturated rings. The van der Waals surface area contributed by atoms with E-state index in [1.54, 1.807) is 11.8 Å². The van der Waals surface area contributed by atoms with Crippen LogP contribution in [0.2, 0.25) is 0 Å². The van der Waals surface area contributed by atoms with Crippen molar-refractivity contribution in [2.45, 2.75) is 17.7 Å². The van der Waals surface area contributed by atoms with E-state index < -0.39 is 10.0 Å². The molecule has 1 aromatic heterocycles. The number of benzene rings is 1. The molecule has 0 saturated carbocycles. The van der Waals surface area contributed by atoms with Crippen LogP contribution in [-0.4, -0.2) is 60.9 Å². The minimum atomic E-state index is -3.49. The van der Waals surface area contributed by atoms with Crippen molar-refractivity contribution >= 4 is 15.9 Å². The van der Waals surface area contributed by atoms with Crippen LogP contribution in [0.5, 0.6) is 0 Å². The number of amides is 1. The van der Waals surface area contributed by atoms with E-state index in [0.29, 0.717) is 30.4 Å². The summed E-state index contributed by atoms with van der Waals surface area (Å²) in [7, 11) is -0.561. The smallest absolute Gasteiger partial charge is 0.253 e. The first-order valence-corrected chi connectivity index (χ1v) is 8.85. The third-order valence-corrected chi connectivity index (χ3v) is 5.77. The zero-order valence-corrected chi connectivity index (χ0v) is 14.4. The van der Waals surface area contributed by atoms with Crippen LogP contribution >= 0.6 is 0 Å². The third kappa shape index (κ3) is 2.92. The van der Waals surface area contributed by atoms with Gasteiger partial charge in [0.15, 0.2) is 5.82 Å². The molecule has 1 aliphatic heterocycles. The van der Waals surface area contributed by atoms with Crippen molar-refractivity contribution in [2.75, 3.05) is 27.2 Å². The second-order valence-electron chi connectivity index (χ2n) is 5.90. The van der Waals surface area contributed by atoms with Crippen molar-refractivity contribution in [3.05, 3.63) is 41.5 Å². The van der Waals surface area contributed by atoms with Crippen molar-refractivity contribution in [1.29, 1.82) is 0 Å². The lowest BCUT2D eigenvalue weighted by molar-refractivity contribution is 0.0569. The molecule has 8 nitrogen and oxygen atoms in total. The van der Waals surface area contributed by atoms with E-state index >= 15 is 0 Å². The molecule has 128 valence electrons. The van der Waals surface area contributed by atoms with E-state index in [1.165, 1.54) is 38.4 Å². The van der Waals surface area contributed by atoms with Crippen LogP contribution in [0.1, 0.15) is 28.0 Å². The molecule has 3 rings (SSSR count). The van der Waals surface area contributed by atoms with Crippen LogP contribution in [0.4, 0.5) is 0 Å². The van der Waals surface area contributed by atoms with Gasteiger partial charge in [-0.1, -0.05) is 5.16 Å². The van der Waals surface area contributed by atoms with Crippen LogP contribution in [0.25, 0.3) is 0 Å². The minimum absolute atomic E-state index is 0.0588. The van der Waals surface area contributed by atoms with Crippen LogP contribution < -0.4 is 0 Å². The Labute approximate surface area is 140 Å². The zero-order chi connectivity index (χ0) is 17.5. The molecule has 0 spiro atoms. The summed E-state index contributed by atoms with van der Waals surface area (Å²) in [5.74, 6) is 1.04. The summed E-state index contributed by atoms with van der Waals surface area (Å²) < 4.78 is 30.3. The third-order valence-electron chi connectivity index (χ3n) is 3.94. The number of aromatic nitrogens is 2. The maximum atomic E-state index is 12.4. The van der Waals surface area contributed by atoms with Crippen molar-refractivity contribution in [1.82, 2.24) is 19.3 Å². The molecule has 2 aromatic rings. The van der Waals surface area contributed by atoms with Crippen LogP contribution in [0, 0.1) is 6.92 Å². The summed E-state index contributed by atoms with van der Waals surface area (Å²) in [6.45, 7) is 2.77. The van der Waals surface area contributed by atoms with E-state index in [2.05, 4.69) is 10.1 Å². The SMILES string of the molecule is Cc1noc(C2CN(C(=O)c3ccc(S(=O)(=O)N(C)C)cc3)C2)n1. The topological polar surface area (TPSA) is 96.6 Å². The number of sulfonamides is 1. The highest BCUT2D eigenvalue weighted by Crippen LogP contribution is 2.27. The number of rotatable bonds is 4. The summed E-state index contributed by atoms with van der Waals surface area (Å²) in [4.78, 5) is 18.4. The monoisotopic (exact) mass is 350 g/mol. The fourth-order valence-corrected chi connectivity index (χ4v) is 3.34. The van der Waals surface area contributed by atoms with Gasteiger partial charge in [0.2, 0.25) is 15.9 Å². The Morgan fingerprint density at radius 1 is 1.25 bits per heavy atom. The van der Waals surface area contributed by atoms with Gasteiger partial charge in [-0.15, -0.1) is 0 Å². The molecule has 1 amide bonds. The van der Waals surface area contributed by atoms with E-state index in [4.69, 9.17) is 4.52 Å². The summed E-state index contributed by atoms with van der Waals surface area (Å²) >= 11 is 0. The highest BCUT2D eigenvalue weighted by molar-refractivity contribution is 7.89. The van der Waals surface area contributed by atoms with Crippen LogP contribution in [0.15, 0.2) is 33.7 Å². The molecule has 1 aromatic carbocycles. The highest BCUT2D eigenvalue weighted by atomic mass is 32.2. The number of nitrogens with zero attached hydrogens (tertiary/aromatic N) is 4. The Morgan fingerprint density at radius 3 is 2.38 bits per heavy atom. The lowest BCUT2D eigenvalue weighted by Gasteiger charge is -2.37. The van der Waals surface area contributed by atoms with E-state index in [9.17, 15) is 13.2 Å². The quantitative estimate of drug-likeness (QED) is 0.812. The van der Waals surface area contributed by atoms with Gasteiger partial charge in [0, 0.05) is 32.7 Å². The molecule has 0 bridgehead atoms. The number of hydrogen-bond donors (Lipinski definition) is 0. The van der Waals surface area contributed by atoms with Gasteiger partial charge in [0.1, 0.15) is 0 Å². The predicted octanol–water partition coefficient (Wildman–Crippen LogP) is 0.868. The molecule has 1 aliphatic rings. The van der Waals surface area contributed by atoms with Gasteiger partial charge in [-0.3, -0.25) is 4.79 Å². The van der Waals surface area contributed by atoms with Crippen molar-refractivity contribution in [2.24, 2.45) is 0 Å². The Kier molecular flexibility index (Phi) is 4.14. The minimum Gasteiger partial charge on any atom is -0.339 e. The Bertz CT molecular complexity index is 852. The van der Waals surface area contributed by atoms with E-state index in [1.807, 2.05) is 0 Å². The van der Waals surface area contributed by atoms with Crippen molar-refractivity contribution < 1.29 is 17.7 Å².